The van der Waals surface area contributed by atoms with Crippen molar-refractivity contribution in [1.82, 2.24) is 4.90 Å². The molecule has 3 atom stereocenters. The molecule has 2 N–H and O–H groups in total. The van der Waals surface area contributed by atoms with Crippen LogP contribution in [0.1, 0.15) is 27.7 Å². The summed E-state index contributed by atoms with van der Waals surface area (Å²) in [6.45, 7) is 8.74. The molecule has 0 aromatic rings. The summed E-state index contributed by atoms with van der Waals surface area (Å²) in [7, 11) is 0. The first-order valence-electron chi connectivity index (χ1n) is 5.20. The molecular formula is C11H23NO2. The average Bonchev–Trinajstić information content (AvgIpc) is 2.01. The van der Waals surface area contributed by atoms with Gasteiger partial charge in [-0.05, 0) is 27.7 Å². The van der Waals surface area contributed by atoms with E-state index >= 15 is 0 Å². The molecule has 0 rings (SSSR count). The third-order valence-electron chi connectivity index (χ3n) is 2.04. The van der Waals surface area contributed by atoms with Gasteiger partial charge in [0.15, 0.2) is 0 Å². The molecule has 0 saturated heterocycles. The van der Waals surface area contributed by atoms with Crippen molar-refractivity contribution in [2.45, 2.75) is 45.9 Å². The molecule has 0 fully saturated rings. The van der Waals surface area contributed by atoms with Crippen LogP contribution in [0.5, 0.6) is 0 Å². The van der Waals surface area contributed by atoms with Gasteiger partial charge in [-0.1, -0.05) is 12.2 Å². The van der Waals surface area contributed by atoms with Crippen molar-refractivity contribution in [1.29, 1.82) is 0 Å². The zero-order chi connectivity index (χ0) is 11.1. The molecule has 0 aliphatic rings. The fourth-order valence-electron chi connectivity index (χ4n) is 1.49. The van der Waals surface area contributed by atoms with Crippen LogP contribution in [0.4, 0.5) is 0 Å². The third-order valence-corrected chi connectivity index (χ3v) is 2.04. The highest BCUT2D eigenvalue weighted by Crippen LogP contribution is 2.04. The SMILES string of the molecule is C/C=C/C(C)N(CC(C)O)CC(C)O. The van der Waals surface area contributed by atoms with E-state index in [0.717, 1.165) is 0 Å². The first-order valence-corrected chi connectivity index (χ1v) is 5.20. The van der Waals surface area contributed by atoms with E-state index in [1.165, 1.54) is 0 Å². The monoisotopic (exact) mass is 201 g/mol. The van der Waals surface area contributed by atoms with Gasteiger partial charge >= 0.3 is 0 Å². The second-order valence-corrected chi connectivity index (χ2v) is 3.92. The number of rotatable bonds is 6. The van der Waals surface area contributed by atoms with Crippen LogP contribution in [0.25, 0.3) is 0 Å². The molecular weight excluding hydrogens is 178 g/mol. The lowest BCUT2D eigenvalue weighted by Crippen LogP contribution is -2.41. The van der Waals surface area contributed by atoms with Crippen molar-refractivity contribution < 1.29 is 10.2 Å². The number of hydrogen-bond donors (Lipinski definition) is 2. The van der Waals surface area contributed by atoms with Crippen molar-refractivity contribution >= 4 is 0 Å². The fourth-order valence-corrected chi connectivity index (χ4v) is 1.49. The number of aliphatic hydroxyl groups excluding tert-OH is 2. The fraction of sp³-hybridized carbons (Fsp3) is 0.818. The number of aliphatic hydroxyl groups is 2. The van der Waals surface area contributed by atoms with Crippen molar-refractivity contribution in [3.8, 4) is 0 Å². The van der Waals surface area contributed by atoms with Crippen LogP contribution in [-0.4, -0.2) is 46.5 Å². The zero-order valence-electron chi connectivity index (χ0n) is 9.64. The van der Waals surface area contributed by atoms with E-state index in [9.17, 15) is 10.2 Å². The summed E-state index contributed by atoms with van der Waals surface area (Å²) >= 11 is 0. The van der Waals surface area contributed by atoms with Gasteiger partial charge in [-0.25, -0.2) is 0 Å². The summed E-state index contributed by atoms with van der Waals surface area (Å²) in [4.78, 5) is 2.06. The Morgan fingerprint density at radius 2 is 1.50 bits per heavy atom. The van der Waals surface area contributed by atoms with Crippen molar-refractivity contribution in [2.24, 2.45) is 0 Å². The van der Waals surface area contributed by atoms with Crippen molar-refractivity contribution in [2.75, 3.05) is 13.1 Å². The summed E-state index contributed by atoms with van der Waals surface area (Å²) in [5.41, 5.74) is 0. The van der Waals surface area contributed by atoms with E-state index in [4.69, 9.17) is 0 Å². The normalized spacial score (nSPS) is 18.8. The Morgan fingerprint density at radius 1 is 1.07 bits per heavy atom. The number of nitrogens with zero attached hydrogens (tertiary/aromatic N) is 1. The molecule has 14 heavy (non-hydrogen) atoms. The molecule has 0 saturated carbocycles. The molecule has 0 aliphatic heterocycles. The third kappa shape index (κ3) is 6.13. The Balaban J connectivity index is 4.22. The van der Waals surface area contributed by atoms with Gasteiger partial charge < -0.3 is 10.2 Å². The smallest absolute Gasteiger partial charge is 0.0639 e. The Labute approximate surface area is 87.0 Å². The van der Waals surface area contributed by atoms with Crippen molar-refractivity contribution in [3.63, 3.8) is 0 Å². The van der Waals surface area contributed by atoms with Gasteiger partial charge in [-0.2, -0.15) is 0 Å². The van der Waals surface area contributed by atoms with E-state index in [2.05, 4.69) is 17.9 Å². The predicted molar refractivity (Wildman–Crippen MR) is 59.2 cm³/mol. The van der Waals surface area contributed by atoms with Gasteiger partial charge in [0.2, 0.25) is 0 Å². The molecule has 0 spiro atoms. The van der Waals surface area contributed by atoms with Gasteiger partial charge in [-0.15, -0.1) is 0 Å². The van der Waals surface area contributed by atoms with Gasteiger partial charge in [0.1, 0.15) is 0 Å². The highest BCUT2D eigenvalue weighted by atomic mass is 16.3. The minimum Gasteiger partial charge on any atom is -0.392 e. The molecule has 0 aromatic carbocycles. The van der Waals surface area contributed by atoms with Crippen LogP contribution in [-0.2, 0) is 0 Å². The summed E-state index contributed by atoms with van der Waals surface area (Å²) < 4.78 is 0. The van der Waals surface area contributed by atoms with Gasteiger partial charge in [0.05, 0.1) is 12.2 Å². The van der Waals surface area contributed by atoms with Crippen molar-refractivity contribution in [3.05, 3.63) is 12.2 Å². The highest BCUT2D eigenvalue weighted by Gasteiger charge is 2.14. The summed E-state index contributed by atoms with van der Waals surface area (Å²) in [6, 6.07) is 0.254. The van der Waals surface area contributed by atoms with Crippen LogP contribution >= 0.6 is 0 Å². The topological polar surface area (TPSA) is 43.7 Å². The predicted octanol–water partition coefficient (Wildman–Crippen LogP) is 1.01. The lowest BCUT2D eigenvalue weighted by molar-refractivity contribution is 0.0723. The Hall–Kier alpha value is -0.380. The van der Waals surface area contributed by atoms with E-state index in [1.807, 2.05) is 13.0 Å². The largest absolute Gasteiger partial charge is 0.392 e. The molecule has 0 radical (unpaired) electrons. The van der Waals surface area contributed by atoms with Crippen LogP contribution in [0.2, 0.25) is 0 Å². The second-order valence-electron chi connectivity index (χ2n) is 3.92. The standard InChI is InChI=1S/C11H23NO2/c1-5-6-9(2)12(7-10(3)13)8-11(4)14/h5-6,9-11,13-14H,7-8H2,1-4H3/b6-5+. The number of hydrogen-bond acceptors (Lipinski definition) is 3. The quantitative estimate of drug-likeness (QED) is 0.630. The van der Waals surface area contributed by atoms with Gasteiger partial charge in [-0.3, -0.25) is 4.90 Å². The highest BCUT2D eigenvalue weighted by molar-refractivity contribution is 4.90. The first kappa shape index (κ1) is 13.6. The Morgan fingerprint density at radius 3 is 1.79 bits per heavy atom. The van der Waals surface area contributed by atoms with E-state index < -0.39 is 0 Å². The minimum absolute atomic E-state index is 0.254. The molecule has 3 nitrogen and oxygen atoms in total. The number of allylic oxidation sites excluding steroid dienone is 1. The summed E-state index contributed by atoms with van der Waals surface area (Å²) in [5.74, 6) is 0. The van der Waals surface area contributed by atoms with E-state index in [0.29, 0.717) is 13.1 Å². The summed E-state index contributed by atoms with van der Waals surface area (Å²) in [6.07, 6.45) is 3.33. The Kier molecular flexibility index (Phi) is 6.79. The van der Waals surface area contributed by atoms with Crippen LogP contribution < -0.4 is 0 Å². The molecule has 3 heteroatoms. The molecule has 0 amide bonds. The molecule has 0 bridgehead atoms. The maximum Gasteiger partial charge on any atom is 0.0639 e. The van der Waals surface area contributed by atoms with Gasteiger partial charge in [0.25, 0.3) is 0 Å². The van der Waals surface area contributed by atoms with Gasteiger partial charge in [0, 0.05) is 19.1 Å². The molecule has 0 aliphatic carbocycles. The average molecular weight is 201 g/mol. The molecule has 3 unspecified atom stereocenters. The lowest BCUT2D eigenvalue weighted by atomic mass is 10.2. The Bertz CT molecular complexity index is 157. The second kappa shape index (κ2) is 6.98. The summed E-state index contributed by atoms with van der Waals surface area (Å²) in [5, 5.41) is 18.6. The van der Waals surface area contributed by atoms with E-state index in [1.54, 1.807) is 13.8 Å². The molecule has 0 aromatic heterocycles. The molecule has 0 heterocycles. The van der Waals surface area contributed by atoms with Crippen LogP contribution in [0, 0.1) is 0 Å². The lowest BCUT2D eigenvalue weighted by Gasteiger charge is -2.29. The maximum atomic E-state index is 9.31. The minimum atomic E-state index is -0.360. The van der Waals surface area contributed by atoms with Crippen LogP contribution in [0.15, 0.2) is 12.2 Å². The van der Waals surface area contributed by atoms with E-state index in [-0.39, 0.29) is 18.2 Å². The first-order chi connectivity index (χ1) is 6.47. The molecule has 84 valence electrons. The maximum absolute atomic E-state index is 9.31. The zero-order valence-corrected chi connectivity index (χ0v) is 9.64. The van der Waals surface area contributed by atoms with Crippen LogP contribution in [0.3, 0.4) is 0 Å².